The normalized spacial score (nSPS) is 16.8. The number of carbonyl (C=O) groups is 2. The molecule has 0 amide bonds. The first kappa shape index (κ1) is 19.3. The van der Waals surface area contributed by atoms with E-state index in [4.69, 9.17) is 9.47 Å². The fourth-order valence-corrected chi connectivity index (χ4v) is 4.75. The fourth-order valence-electron chi connectivity index (χ4n) is 4.75. The number of anilines is 1. The lowest BCUT2D eigenvalue weighted by Crippen LogP contribution is -2.20. The summed E-state index contributed by atoms with van der Waals surface area (Å²) in [6.07, 6.45) is 0. The maximum atomic E-state index is 12.9. The number of ether oxygens (including phenoxy) is 2. The van der Waals surface area contributed by atoms with Gasteiger partial charge in [-0.05, 0) is 28.5 Å². The number of rotatable bonds is 3. The molecule has 0 saturated carbocycles. The first-order valence-corrected chi connectivity index (χ1v) is 10.6. The first-order valence-electron chi connectivity index (χ1n) is 10.6. The molecule has 7 nitrogen and oxygen atoms in total. The molecule has 1 atom stereocenters. The van der Waals surface area contributed by atoms with Gasteiger partial charge in [-0.2, -0.15) is 5.10 Å². The highest BCUT2D eigenvalue weighted by atomic mass is 16.5. The van der Waals surface area contributed by atoms with Gasteiger partial charge in [0.2, 0.25) is 0 Å². The van der Waals surface area contributed by atoms with Gasteiger partial charge in [0.25, 0.3) is 0 Å². The van der Waals surface area contributed by atoms with Crippen LogP contribution in [0.4, 0.5) is 5.82 Å². The SMILES string of the molecule is COC(=O)c1ccc(-c2n[nH]c3c2C(c2cccc4ccccc24)C2=C(COC2=O)N3)cc1. The van der Waals surface area contributed by atoms with Crippen LogP contribution in [-0.2, 0) is 14.3 Å². The zero-order valence-corrected chi connectivity index (χ0v) is 17.7. The molecule has 0 bridgehead atoms. The predicted molar refractivity (Wildman–Crippen MR) is 123 cm³/mol. The molecular formula is C26H19N3O4. The maximum Gasteiger partial charge on any atom is 0.337 e. The second kappa shape index (κ2) is 7.34. The van der Waals surface area contributed by atoms with Crippen LogP contribution in [0.15, 0.2) is 78.0 Å². The van der Waals surface area contributed by atoms with Crippen LogP contribution in [0.1, 0.15) is 27.4 Å². The highest BCUT2D eigenvalue weighted by Crippen LogP contribution is 2.48. The lowest BCUT2D eigenvalue weighted by molar-refractivity contribution is -0.136. The number of nitrogens with zero attached hydrogens (tertiary/aromatic N) is 1. The van der Waals surface area contributed by atoms with Crippen molar-refractivity contribution < 1.29 is 19.1 Å². The predicted octanol–water partition coefficient (Wildman–Crippen LogP) is 4.38. The Bertz CT molecular complexity index is 1460. The maximum absolute atomic E-state index is 12.9. The molecule has 2 aliphatic heterocycles. The molecule has 4 aromatic rings. The van der Waals surface area contributed by atoms with E-state index in [0.717, 1.165) is 39.0 Å². The van der Waals surface area contributed by atoms with E-state index in [1.807, 2.05) is 30.3 Å². The molecule has 7 heteroatoms. The molecule has 3 heterocycles. The summed E-state index contributed by atoms with van der Waals surface area (Å²) < 4.78 is 10.2. The van der Waals surface area contributed by atoms with Gasteiger partial charge in [0.1, 0.15) is 12.4 Å². The minimum absolute atomic E-state index is 0.205. The summed E-state index contributed by atoms with van der Waals surface area (Å²) in [5.74, 6) is -0.345. The van der Waals surface area contributed by atoms with Gasteiger partial charge in [0, 0.05) is 17.0 Å². The molecule has 3 aromatic carbocycles. The molecule has 162 valence electrons. The summed E-state index contributed by atoms with van der Waals surface area (Å²) in [5.41, 5.74) is 5.22. The standard InChI is InChI=1S/C26H19N3O4/c1-32-25(30)16-11-9-15(10-12-16)23-22-20(18-8-4-6-14-5-2-3-7-17(14)18)21-19(13-33-26(21)31)27-24(22)29-28-23/h2-12,20H,13H2,1H3,(H2,27,28,29). The second-order valence-corrected chi connectivity index (χ2v) is 8.02. The molecule has 0 fully saturated rings. The number of aromatic nitrogens is 2. The van der Waals surface area contributed by atoms with Gasteiger partial charge in [-0.15, -0.1) is 0 Å². The molecule has 2 aliphatic rings. The summed E-state index contributed by atoms with van der Waals surface area (Å²) in [7, 11) is 1.35. The molecule has 1 aromatic heterocycles. The molecule has 0 spiro atoms. The third kappa shape index (κ3) is 2.93. The fraction of sp³-hybridized carbons (Fsp3) is 0.115. The number of aromatic amines is 1. The van der Waals surface area contributed by atoms with Gasteiger partial charge in [-0.1, -0.05) is 54.6 Å². The Kier molecular flexibility index (Phi) is 4.29. The van der Waals surface area contributed by atoms with Crippen LogP contribution in [0.3, 0.4) is 0 Å². The van der Waals surface area contributed by atoms with Crippen molar-refractivity contribution in [1.82, 2.24) is 10.2 Å². The molecular weight excluding hydrogens is 418 g/mol. The summed E-state index contributed by atoms with van der Waals surface area (Å²) in [5, 5.41) is 13.2. The van der Waals surface area contributed by atoms with Crippen LogP contribution in [0.25, 0.3) is 22.0 Å². The van der Waals surface area contributed by atoms with Crippen molar-refractivity contribution in [2.75, 3.05) is 19.0 Å². The van der Waals surface area contributed by atoms with Crippen LogP contribution in [0.5, 0.6) is 0 Å². The Morgan fingerprint density at radius 3 is 2.67 bits per heavy atom. The Hall–Kier alpha value is -4.39. The van der Waals surface area contributed by atoms with E-state index in [2.05, 4.69) is 39.8 Å². The number of hydrogen-bond donors (Lipinski definition) is 2. The first-order chi connectivity index (χ1) is 16.2. The topological polar surface area (TPSA) is 93.3 Å². The van der Waals surface area contributed by atoms with Gasteiger partial charge in [0.15, 0.2) is 0 Å². The number of methoxy groups -OCH3 is 1. The van der Waals surface area contributed by atoms with Gasteiger partial charge < -0.3 is 14.8 Å². The van der Waals surface area contributed by atoms with E-state index in [-0.39, 0.29) is 18.5 Å². The average molecular weight is 437 g/mol. The third-order valence-corrected chi connectivity index (χ3v) is 6.26. The number of cyclic esters (lactones) is 1. The molecule has 6 rings (SSSR count). The Balaban J connectivity index is 1.57. The minimum Gasteiger partial charge on any atom is -0.465 e. The van der Waals surface area contributed by atoms with Gasteiger partial charge in [-0.3, -0.25) is 5.10 Å². The van der Waals surface area contributed by atoms with E-state index in [1.54, 1.807) is 12.1 Å². The van der Waals surface area contributed by atoms with E-state index in [0.29, 0.717) is 16.8 Å². The van der Waals surface area contributed by atoms with Crippen LogP contribution >= 0.6 is 0 Å². The Labute approximate surface area is 189 Å². The van der Waals surface area contributed by atoms with Crippen LogP contribution in [0.2, 0.25) is 0 Å². The number of benzene rings is 3. The van der Waals surface area contributed by atoms with Crippen molar-refractivity contribution >= 4 is 28.5 Å². The Morgan fingerprint density at radius 2 is 1.85 bits per heavy atom. The monoisotopic (exact) mass is 437 g/mol. The van der Waals surface area contributed by atoms with Crippen molar-refractivity contribution in [2.24, 2.45) is 0 Å². The summed E-state index contributed by atoms with van der Waals surface area (Å²) >= 11 is 0. The summed E-state index contributed by atoms with van der Waals surface area (Å²) in [6, 6.07) is 21.3. The average Bonchev–Trinajstić information content (AvgIpc) is 3.45. The number of esters is 2. The lowest BCUT2D eigenvalue weighted by Gasteiger charge is -2.26. The van der Waals surface area contributed by atoms with Gasteiger partial charge >= 0.3 is 11.9 Å². The minimum atomic E-state index is -0.399. The van der Waals surface area contributed by atoms with Gasteiger partial charge in [0.05, 0.1) is 29.6 Å². The molecule has 0 radical (unpaired) electrons. The van der Waals surface area contributed by atoms with Crippen molar-refractivity contribution in [3.63, 3.8) is 0 Å². The Morgan fingerprint density at radius 1 is 1.06 bits per heavy atom. The summed E-state index contributed by atoms with van der Waals surface area (Å²) in [6.45, 7) is 0.205. The highest BCUT2D eigenvalue weighted by Gasteiger charge is 2.41. The largest absolute Gasteiger partial charge is 0.465 e. The van der Waals surface area contributed by atoms with Crippen molar-refractivity contribution in [3.8, 4) is 11.3 Å². The van der Waals surface area contributed by atoms with Gasteiger partial charge in [-0.25, -0.2) is 9.59 Å². The number of H-pyrrole nitrogens is 1. The van der Waals surface area contributed by atoms with E-state index in [1.165, 1.54) is 7.11 Å². The van der Waals surface area contributed by atoms with E-state index < -0.39 is 5.97 Å². The van der Waals surface area contributed by atoms with E-state index in [9.17, 15) is 9.59 Å². The zero-order valence-electron chi connectivity index (χ0n) is 17.7. The molecule has 2 N–H and O–H groups in total. The quantitative estimate of drug-likeness (QED) is 0.462. The smallest absolute Gasteiger partial charge is 0.337 e. The van der Waals surface area contributed by atoms with Crippen molar-refractivity contribution in [3.05, 3.63) is 94.7 Å². The van der Waals surface area contributed by atoms with Crippen LogP contribution in [-0.4, -0.2) is 35.9 Å². The number of nitrogens with one attached hydrogen (secondary N) is 2. The molecule has 1 unspecified atom stereocenters. The highest BCUT2D eigenvalue weighted by molar-refractivity contribution is 6.00. The lowest BCUT2D eigenvalue weighted by atomic mass is 9.79. The third-order valence-electron chi connectivity index (χ3n) is 6.26. The second-order valence-electron chi connectivity index (χ2n) is 8.02. The van der Waals surface area contributed by atoms with Crippen LogP contribution in [0, 0.1) is 0 Å². The van der Waals surface area contributed by atoms with E-state index >= 15 is 0 Å². The molecule has 33 heavy (non-hydrogen) atoms. The number of fused-ring (bicyclic) bond motifs is 2. The molecule has 0 saturated heterocycles. The molecule has 0 aliphatic carbocycles. The zero-order chi connectivity index (χ0) is 22.5. The van der Waals surface area contributed by atoms with Crippen molar-refractivity contribution in [2.45, 2.75) is 5.92 Å². The summed E-state index contributed by atoms with van der Waals surface area (Å²) in [4.78, 5) is 24.7. The van der Waals surface area contributed by atoms with Crippen molar-refractivity contribution in [1.29, 1.82) is 0 Å². The van der Waals surface area contributed by atoms with Crippen LogP contribution < -0.4 is 5.32 Å². The number of carbonyl (C=O) groups excluding carboxylic acids is 2. The number of hydrogen-bond acceptors (Lipinski definition) is 6.